The molecule has 21 heavy (non-hydrogen) atoms. The molecule has 2 saturated heterocycles. The molecule has 120 valence electrons. The molecule has 0 atom stereocenters. The summed E-state index contributed by atoms with van der Waals surface area (Å²) in [7, 11) is -3.19. The Bertz CT molecular complexity index is 475. The fourth-order valence-corrected chi connectivity index (χ4v) is 5.21. The van der Waals surface area contributed by atoms with Gasteiger partial charge < -0.3 is 0 Å². The topological polar surface area (TPSA) is 43.9 Å². The van der Waals surface area contributed by atoms with E-state index in [0.29, 0.717) is 26.2 Å². The van der Waals surface area contributed by atoms with Crippen molar-refractivity contribution in [3.05, 3.63) is 11.6 Å². The summed E-state index contributed by atoms with van der Waals surface area (Å²) in [6, 6.07) is 0. The maximum Gasteiger partial charge on any atom is 0.282 e. The highest BCUT2D eigenvalue weighted by Gasteiger charge is 2.33. The molecule has 2 heterocycles. The van der Waals surface area contributed by atoms with Gasteiger partial charge in [-0.1, -0.05) is 11.6 Å². The van der Waals surface area contributed by atoms with E-state index in [9.17, 15) is 8.42 Å². The minimum atomic E-state index is -3.19. The molecule has 0 aromatic heterocycles. The lowest BCUT2D eigenvalue weighted by Crippen LogP contribution is -2.52. The van der Waals surface area contributed by atoms with Gasteiger partial charge in [0.2, 0.25) is 0 Å². The lowest BCUT2D eigenvalue weighted by Gasteiger charge is -2.36. The second-order valence-electron chi connectivity index (χ2n) is 6.40. The number of hydrogen-bond acceptors (Lipinski definition) is 3. The van der Waals surface area contributed by atoms with Gasteiger partial charge in [0, 0.05) is 45.8 Å². The van der Waals surface area contributed by atoms with E-state index >= 15 is 0 Å². The molecule has 0 aromatic rings. The van der Waals surface area contributed by atoms with E-state index < -0.39 is 10.2 Å². The third-order valence-electron chi connectivity index (χ3n) is 4.86. The van der Waals surface area contributed by atoms with E-state index in [1.165, 1.54) is 25.7 Å². The average molecular weight is 313 g/mol. The number of piperazine rings is 1. The third-order valence-corrected chi connectivity index (χ3v) is 6.90. The lowest BCUT2D eigenvalue weighted by molar-refractivity contribution is 0.192. The Hall–Kier alpha value is -0.430. The molecule has 0 unspecified atom stereocenters. The molecule has 0 saturated carbocycles. The van der Waals surface area contributed by atoms with E-state index in [1.807, 2.05) is 0 Å². The van der Waals surface area contributed by atoms with E-state index in [0.717, 1.165) is 32.5 Å². The van der Waals surface area contributed by atoms with Crippen molar-refractivity contribution < 1.29 is 8.42 Å². The van der Waals surface area contributed by atoms with E-state index in [1.54, 1.807) is 14.2 Å². The predicted molar refractivity (Wildman–Crippen MR) is 84.3 cm³/mol. The van der Waals surface area contributed by atoms with Crippen LogP contribution in [0.3, 0.4) is 0 Å². The molecule has 5 nitrogen and oxygen atoms in total. The standard InChI is InChI=1S/C15H27N3O2S/c19-21(20,17-8-4-5-9-17)18-12-10-16(11-13-18)14-15-6-2-1-3-7-15/h6H,1-5,7-14H2. The van der Waals surface area contributed by atoms with Crippen LogP contribution in [0.15, 0.2) is 11.6 Å². The summed E-state index contributed by atoms with van der Waals surface area (Å²) in [5.41, 5.74) is 1.55. The van der Waals surface area contributed by atoms with Gasteiger partial charge in [0.1, 0.15) is 0 Å². The zero-order valence-corrected chi connectivity index (χ0v) is 13.7. The highest BCUT2D eigenvalue weighted by Crippen LogP contribution is 2.21. The minimum Gasteiger partial charge on any atom is -0.297 e. The van der Waals surface area contributed by atoms with Crippen LogP contribution in [0.5, 0.6) is 0 Å². The van der Waals surface area contributed by atoms with Gasteiger partial charge in [-0.2, -0.15) is 17.0 Å². The van der Waals surface area contributed by atoms with Crippen molar-refractivity contribution in [3.8, 4) is 0 Å². The maximum absolute atomic E-state index is 12.5. The Balaban J connectivity index is 1.51. The number of rotatable bonds is 4. The maximum atomic E-state index is 12.5. The average Bonchev–Trinajstić information content (AvgIpc) is 3.04. The van der Waals surface area contributed by atoms with Crippen LogP contribution in [0.1, 0.15) is 38.5 Å². The SMILES string of the molecule is O=S(=O)(N1CCCC1)N1CCN(CC2=CCCCC2)CC1. The van der Waals surface area contributed by atoms with Gasteiger partial charge in [-0.05, 0) is 38.5 Å². The first-order valence-electron chi connectivity index (χ1n) is 8.32. The molecular weight excluding hydrogens is 286 g/mol. The lowest BCUT2D eigenvalue weighted by atomic mass is 9.99. The van der Waals surface area contributed by atoms with Crippen LogP contribution in [0, 0.1) is 0 Å². The minimum absolute atomic E-state index is 0.645. The van der Waals surface area contributed by atoms with Crippen LogP contribution in [0.2, 0.25) is 0 Å². The Kier molecular flexibility index (Phi) is 4.99. The monoisotopic (exact) mass is 313 g/mol. The van der Waals surface area contributed by atoms with Crippen molar-refractivity contribution in [1.29, 1.82) is 0 Å². The molecule has 0 bridgehead atoms. The molecule has 0 aromatic carbocycles. The van der Waals surface area contributed by atoms with Crippen molar-refractivity contribution in [1.82, 2.24) is 13.5 Å². The zero-order chi connectivity index (χ0) is 14.7. The molecule has 6 heteroatoms. The van der Waals surface area contributed by atoms with Gasteiger partial charge in [0.25, 0.3) is 10.2 Å². The van der Waals surface area contributed by atoms with Crippen LogP contribution in [0.4, 0.5) is 0 Å². The molecule has 2 fully saturated rings. The van der Waals surface area contributed by atoms with Crippen LogP contribution in [0.25, 0.3) is 0 Å². The Morgan fingerprint density at radius 3 is 2.14 bits per heavy atom. The largest absolute Gasteiger partial charge is 0.297 e. The first kappa shape index (κ1) is 15.5. The molecular formula is C15H27N3O2S. The first-order valence-corrected chi connectivity index (χ1v) is 9.71. The summed E-state index contributed by atoms with van der Waals surface area (Å²) in [6.07, 6.45) is 9.49. The predicted octanol–water partition coefficient (Wildman–Crippen LogP) is 1.44. The van der Waals surface area contributed by atoms with Crippen molar-refractivity contribution in [2.24, 2.45) is 0 Å². The van der Waals surface area contributed by atoms with E-state index in [2.05, 4.69) is 11.0 Å². The summed E-state index contributed by atoms with van der Waals surface area (Å²) in [6.45, 7) is 5.47. The Morgan fingerprint density at radius 2 is 1.52 bits per heavy atom. The molecule has 3 rings (SSSR count). The van der Waals surface area contributed by atoms with Crippen molar-refractivity contribution in [3.63, 3.8) is 0 Å². The van der Waals surface area contributed by atoms with Crippen LogP contribution >= 0.6 is 0 Å². The number of allylic oxidation sites excluding steroid dienone is 1. The van der Waals surface area contributed by atoms with E-state index in [4.69, 9.17) is 0 Å². The summed E-state index contributed by atoms with van der Waals surface area (Å²) in [5.74, 6) is 0. The molecule has 3 aliphatic rings. The second-order valence-corrected chi connectivity index (χ2v) is 8.33. The Labute approximate surface area is 128 Å². The van der Waals surface area contributed by atoms with Gasteiger partial charge in [0.15, 0.2) is 0 Å². The van der Waals surface area contributed by atoms with Gasteiger partial charge in [0.05, 0.1) is 0 Å². The summed E-state index contributed by atoms with van der Waals surface area (Å²) >= 11 is 0. The summed E-state index contributed by atoms with van der Waals surface area (Å²) < 4.78 is 28.4. The van der Waals surface area contributed by atoms with Crippen molar-refractivity contribution >= 4 is 10.2 Å². The fourth-order valence-electron chi connectivity index (χ4n) is 3.54. The molecule has 2 aliphatic heterocycles. The van der Waals surface area contributed by atoms with Gasteiger partial charge >= 0.3 is 0 Å². The number of hydrogen-bond donors (Lipinski definition) is 0. The van der Waals surface area contributed by atoms with Crippen LogP contribution in [-0.2, 0) is 10.2 Å². The summed E-state index contributed by atoms with van der Waals surface area (Å²) in [5, 5.41) is 0. The second kappa shape index (κ2) is 6.77. The van der Waals surface area contributed by atoms with Crippen molar-refractivity contribution in [2.75, 3.05) is 45.8 Å². The van der Waals surface area contributed by atoms with Gasteiger partial charge in [-0.25, -0.2) is 0 Å². The highest BCUT2D eigenvalue weighted by atomic mass is 32.2. The van der Waals surface area contributed by atoms with Crippen LogP contribution in [-0.4, -0.2) is 67.7 Å². The Morgan fingerprint density at radius 1 is 0.857 bits per heavy atom. The highest BCUT2D eigenvalue weighted by molar-refractivity contribution is 7.86. The van der Waals surface area contributed by atoms with Gasteiger partial charge in [-0.3, -0.25) is 4.90 Å². The zero-order valence-electron chi connectivity index (χ0n) is 12.8. The third kappa shape index (κ3) is 3.67. The normalized spacial score (nSPS) is 27.0. The molecule has 0 amide bonds. The molecule has 0 spiro atoms. The van der Waals surface area contributed by atoms with Gasteiger partial charge in [-0.15, -0.1) is 0 Å². The smallest absolute Gasteiger partial charge is 0.282 e. The van der Waals surface area contributed by atoms with Crippen molar-refractivity contribution in [2.45, 2.75) is 38.5 Å². The summed E-state index contributed by atoms with van der Waals surface area (Å²) in [4.78, 5) is 2.41. The van der Waals surface area contributed by atoms with E-state index in [-0.39, 0.29) is 0 Å². The molecule has 0 N–H and O–H groups in total. The quantitative estimate of drug-likeness (QED) is 0.738. The van der Waals surface area contributed by atoms with Crippen LogP contribution < -0.4 is 0 Å². The fraction of sp³-hybridized carbons (Fsp3) is 0.867. The first-order chi connectivity index (χ1) is 10.2. The molecule has 1 aliphatic carbocycles. The molecule has 0 radical (unpaired) electrons. The number of nitrogens with zero attached hydrogens (tertiary/aromatic N) is 3.